The van der Waals surface area contributed by atoms with Crippen molar-refractivity contribution in [1.29, 1.82) is 0 Å². The van der Waals surface area contributed by atoms with Gasteiger partial charge in [0, 0.05) is 16.6 Å². The van der Waals surface area contributed by atoms with Crippen LogP contribution in [-0.2, 0) is 6.61 Å². The van der Waals surface area contributed by atoms with E-state index in [0.717, 1.165) is 16.7 Å². The third-order valence-electron chi connectivity index (χ3n) is 3.56. The number of aromatic nitrogens is 1. The van der Waals surface area contributed by atoms with Crippen molar-refractivity contribution in [2.24, 2.45) is 0 Å². The van der Waals surface area contributed by atoms with Crippen molar-refractivity contribution in [3.63, 3.8) is 0 Å². The Bertz CT molecular complexity index is 875. The number of hydrogen-bond donors (Lipinski definition) is 2. The highest BCUT2D eigenvalue weighted by molar-refractivity contribution is 7.13. The summed E-state index contributed by atoms with van der Waals surface area (Å²) in [7, 11) is 0. The zero-order valence-corrected chi connectivity index (χ0v) is 13.7. The monoisotopic (exact) mass is 342 g/mol. The number of hydrogen-bond acceptors (Lipinski definition) is 4. The number of rotatable bonds is 4. The number of carbonyl (C=O) groups is 1. The molecule has 0 saturated heterocycles. The molecular weight excluding hydrogens is 327 g/mol. The minimum absolute atomic E-state index is 0.0887. The molecule has 0 unspecified atom stereocenters. The summed E-state index contributed by atoms with van der Waals surface area (Å²) in [6, 6.07) is 11.4. The first-order valence-corrected chi connectivity index (χ1v) is 8.18. The molecule has 1 aromatic heterocycles. The van der Waals surface area contributed by atoms with Gasteiger partial charge in [0.2, 0.25) is 0 Å². The first-order valence-electron chi connectivity index (χ1n) is 7.30. The van der Waals surface area contributed by atoms with Gasteiger partial charge in [0.25, 0.3) is 5.91 Å². The topological polar surface area (TPSA) is 62.2 Å². The lowest BCUT2D eigenvalue weighted by molar-refractivity contribution is 0.102. The summed E-state index contributed by atoms with van der Waals surface area (Å²) >= 11 is 1.32. The molecule has 0 fully saturated rings. The van der Waals surface area contributed by atoms with E-state index in [-0.39, 0.29) is 18.3 Å². The number of aryl methyl sites for hydroxylation is 1. The van der Waals surface area contributed by atoms with Gasteiger partial charge in [-0.15, -0.1) is 11.3 Å². The molecule has 6 heteroatoms. The van der Waals surface area contributed by atoms with Crippen LogP contribution in [0.2, 0.25) is 0 Å². The van der Waals surface area contributed by atoms with Crippen LogP contribution in [0.4, 0.5) is 10.1 Å². The van der Waals surface area contributed by atoms with Gasteiger partial charge in [0.05, 0.1) is 6.61 Å². The van der Waals surface area contributed by atoms with Gasteiger partial charge in [-0.2, -0.15) is 0 Å². The highest BCUT2D eigenvalue weighted by Crippen LogP contribution is 2.25. The van der Waals surface area contributed by atoms with Crippen LogP contribution in [0.25, 0.3) is 10.6 Å². The first-order chi connectivity index (χ1) is 11.6. The molecule has 0 spiro atoms. The Morgan fingerprint density at radius 2 is 2.00 bits per heavy atom. The van der Waals surface area contributed by atoms with E-state index in [2.05, 4.69) is 10.3 Å². The Hall–Kier alpha value is -2.57. The predicted molar refractivity (Wildman–Crippen MR) is 92.6 cm³/mol. The van der Waals surface area contributed by atoms with Crippen molar-refractivity contribution < 1.29 is 14.3 Å². The van der Waals surface area contributed by atoms with Crippen LogP contribution in [0.5, 0.6) is 0 Å². The summed E-state index contributed by atoms with van der Waals surface area (Å²) in [6.45, 7) is 1.79. The van der Waals surface area contributed by atoms with Gasteiger partial charge in [-0.05, 0) is 48.4 Å². The van der Waals surface area contributed by atoms with Crippen molar-refractivity contribution in [2.45, 2.75) is 13.5 Å². The Morgan fingerprint density at radius 1 is 1.25 bits per heavy atom. The molecule has 0 radical (unpaired) electrons. The highest BCUT2D eigenvalue weighted by Gasteiger charge is 2.13. The summed E-state index contributed by atoms with van der Waals surface area (Å²) in [5.41, 5.74) is 3.32. The van der Waals surface area contributed by atoms with Crippen molar-refractivity contribution in [2.75, 3.05) is 5.32 Å². The molecule has 2 N–H and O–H groups in total. The second kappa shape index (κ2) is 6.90. The van der Waals surface area contributed by atoms with E-state index in [0.29, 0.717) is 16.4 Å². The highest BCUT2D eigenvalue weighted by atomic mass is 32.1. The van der Waals surface area contributed by atoms with Gasteiger partial charge in [0.15, 0.2) is 0 Å². The molecule has 0 atom stereocenters. The van der Waals surface area contributed by atoms with E-state index in [9.17, 15) is 14.3 Å². The molecule has 0 aliphatic rings. The zero-order valence-electron chi connectivity index (χ0n) is 12.9. The molecule has 0 aliphatic heterocycles. The third-order valence-corrected chi connectivity index (χ3v) is 4.45. The number of thiazole rings is 1. The van der Waals surface area contributed by atoms with Crippen LogP contribution >= 0.6 is 11.3 Å². The molecule has 24 heavy (non-hydrogen) atoms. The Balaban J connectivity index is 1.80. The second-order valence-corrected chi connectivity index (χ2v) is 6.16. The lowest BCUT2D eigenvalue weighted by Crippen LogP contribution is -2.13. The lowest BCUT2D eigenvalue weighted by Gasteiger charge is -2.08. The van der Waals surface area contributed by atoms with E-state index in [1.165, 1.54) is 23.5 Å². The average Bonchev–Trinajstić information content (AvgIpc) is 3.07. The van der Waals surface area contributed by atoms with Gasteiger partial charge in [-0.1, -0.05) is 12.1 Å². The number of nitrogens with one attached hydrogen (secondary N) is 1. The van der Waals surface area contributed by atoms with E-state index in [1.54, 1.807) is 29.6 Å². The minimum atomic E-state index is -0.321. The maximum atomic E-state index is 13.0. The van der Waals surface area contributed by atoms with E-state index in [1.807, 2.05) is 13.0 Å². The molecule has 4 nitrogen and oxygen atoms in total. The van der Waals surface area contributed by atoms with Gasteiger partial charge >= 0.3 is 0 Å². The van der Waals surface area contributed by atoms with Crippen molar-refractivity contribution in [1.82, 2.24) is 4.98 Å². The van der Waals surface area contributed by atoms with Crippen molar-refractivity contribution >= 4 is 22.9 Å². The fourth-order valence-electron chi connectivity index (χ4n) is 2.19. The molecule has 3 rings (SSSR count). The maximum Gasteiger partial charge on any atom is 0.275 e. The van der Waals surface area contributed by atoms with E-state index in [4.69, 9.17) is 0 Å². The normalized spacial score (nSPS) is 10.6. The number of halogens is 1. The Morgan fingerprint density at radius 3 is 2.71 bits per heavy atom. The molecule has 2 aromatic carbocycles. The van der Waals surface area contributed by atoms with Crippen LogP contribution < -0.4 is 5.32 Å². The van der Waals surface area contributed by atoms with Gasteiger partial charge in [0.1, 0.15) is 16.5 Å². The van der Waals surface area contributed by atoms with Crippen molar-refractivity contribution in [3.05, 3.63) is 70.5 Å². The van der Waals surface area contributed by atoms with Crippen LogP contribution in [0.1, 0.15) is 21.6 Å². The van der Waals surface area contributed by atoms with Gasteiger partial charge in [-0.3, -0.25) is 4.79 Å². The standard InChI is InChI=1S/C18H15FN2O2S/c1-11-2-3-12(9-22)8-15(11)20-17(23)16-10-24-18(21-16)13-4-6-14(19)7-5-13/h2-8,10,22H,9H2,1H3,(H,20,23). The maximum absolute atomic E-state index is 13.0. The van der Waals surface area contributed by atoms with Crippen LogP contribution in [-0.4, -0.2) is 16.0 Å². The molecule has 122 valence electrons. The molecular formula is C18H15FN2O2S. The predicted octanol–water partition coefficient (Wildman–Crippen LogP) is 4.00. The summed E-state index contributed by atoms with van der Waals surface area (Å²) in [5.74, 6) is -0.634. The quantitative estimate of drug-likeness (QED) is 0.753. The van der Waals surface area contributed by atoms with E-state index < -0.39 is 0 Å². The lowest BCUT2D eigenvalue weighted by atomic mass is 10.1. The summed E-state index contributed by atoms with van der Waals surface area (Å²) < 4.78 is 13.0. The van der Waals surface area contributed by atoms with Gasteiger partial charge in [-0.25, -0.2) is 9.37 Å². The number of anilines is 1. The van der Waals surface area contributed by atoms with E-state index >= 15 is 0 Å². The summed E-state index contributed by atoms with van der Waals surface area (Å²) in [6.07, 6.45) is 0. The van der Waals surface area contributed by atoms with Crippen LogP contribution in [0, 0.1) is 12.7 Å². The first kappa shape index (κ1) is 16.3. The summed E-state index contributed by atoms with van der Waals surface area (Å²) in [5, 5.41) is 14.3. The largest absolute Gasteiger partial charge is 0.392 e. The fourth-order valence-corrected chi connectivity index (χ4v) is 3.00. The Kier molecular flexibility index (Phi) is 4.69. The van der Waals surface area contributed by atoms with Crippen LogP contribution in [0.15, 0.2) is 47.8 Å². The number of nitrogens with zero attached hydrogens (tertiary/aromatic N) is 1. The second-order valence-electron chi connectivity index (χ2n) is 5.31. The average molecular weight is 342 g/mol. The van der Waals surface area contributed by atoms with Crippen LogP contribution in [0.3, 0.4) is 0 Å². The molecule has 0 aliphatic carbocycles. The van der Waals surface area contributed by atoms with Gasteiger partial charge < -0.3 is 10.4 Å². The molecule has 0 bridgehead atoms. The number of benzene rings is 2. The molecule has 3 aromatic rings. The number of amides is 1. The third kappa shape index (κ3) is 3.50. The number of aliphatic hydroxyl groups is 1. The molecule has 0 saturated carbocycles. The molecule has 1 amide bonds. The minimum Gasteiger partial charge on any atom is -0.392 e. The smallest absolute Gasteiger partial charge is 0.275 e. The zero-order chi connectivity index (χ0) is 17.1. The van der Waals surface area contributed by atoms with Crippen molar-refractivity contribution in [3.8, 4) is 10.6 Å². The number of aliphatic hydroxyl groups excluding tert-OH is 1. The fraction of sp³-hybridized carbons (Fsp3) is 0.111. The number of carbonyl (C=O) groups excluding carboxylic acids is 1. The summed E-state index contributed by atoms with van der Waals surface area (Å²) in [4.78, 5) is 16.7. The molecule has 1 heterocycles. The SMILES string of the molecule is Cc1ccc(CO)cc1NC(=O)c1csc(-c2ccc(F)cc2)n1. The Labute approximate surface area is 142 Å².